The number of esters is 1. The quantitative estimate of drug-likeness (QED) is 0.625. The summed E-state index contributed by atoms with van der Waals surface area (Å²) in [5.74, 6) is 0.805. The first-order valence-electron chi connectivity index (χ1n) is 10.1. The van der Waals surface area contributed by atoms with Crippen molar-refractivity contribution in [2.45, 2.75) is 32.1 Å². The van der Waals surface area contributed by atoms with Gasteiger partial charge in [-0.05, 0) is 43.5 Å². The lowest BCUT2D eigenvalue weighted by Gasteiger charge is -2.27. The summed E-state index contributed by atoms with van der Waals surface area (Å²) < 4.78 is 6.47. The molecule has 0 saturated carbocycles. The van der Waals surface area contributed by atoms with Crippen LogP contribution in [0.25, 0.3) is 5.65 Å². The number of carbonyl (C=O) groups is 2. The molecule has 0 radical (unpaired) electrons. The number of hydrogen-bond donors (Lipinski definition) is 1. The largest absolute Gasteiger partial charge is 0.465 e. The van der Waals surface area contributed by atoms with Crippen LogP contribution >= 0.6 is 0 Å². The second-order valence-corrected chi connectivity index (χ2v) is 7.21. The van der Waals surface area contributed by atoms with Gasteiger partial charge in [0.05, 0.1) is 18.4 Å². The normalized spacial score (nSPS) is 14.0. The minimum Gasteiger partial charge on any atom is -0.465 e. The zero-order chi connectivity index (χ0) is 20.9. The maximum atomic E-state index is 12.5. The lowest BCUT2D eigenvalue weighted by molar-refractivity contribution is -0.116. The van der Waals surface area contributed by atoms with Crippen LogP contribution in [0.2, 0.25) is 0 Å². The van der Waals surface area contributed by atoms with E-state index < -0.39 is 5.97 Å². The van der Waals surface area contributed by atoms with Crippen molar-refractivity contribution in [2.24, 2.45) is 0 Å². The monoisotopic (exact) mass is 408 g/mol. The number of methoxy groups -OCH3 is 1. The minimum absolute atomic E-state index is 0.186. The van der Waals surface area contributed by atoms with Crippen molar-refractivity contribution in [2.75, 3.05) is 30.4 Å². The number of hydrogen-bond acceptors (Lipinski definition) is 7. The summed E-state index contributed by atoms with van der Waals surface area (Å²) in [4.78, 5) is 26.6. The van der Waals surface area contributed by atoms with Gasteiger partial charge >= 0.3 is 5.97 Å². The van der Waals surface area contributed by atoms with Crippen molar-refractivity contribution in [3.63, 3.8) is 0 Å². The second-order valence-electron chi connectivity index (χ2n) is 7.21. The van der Waals surface area contributed by atoms with Gasteiger partial charge in [-0.2, -0.15) is 4.52 Å². The van der Waals surface area contributed by atoms with E-state index in [-0.39, 0.29) is 12.3 Å². The number of para-hydroxylation sites is 1. The van der Waals surface area contributed by atoms with Gasteiger partial charge in [-0.15, -0.1) is 15.3 Å². The Hall–Kier alpha value is -3.49. The van der Waals surface area contributed by atoms with Gasteiger partial charge in [-0.25, -0.2) is 4.79 Å². The van der Waals surface area contributed by atoms with Crippen LogP contribution in [-0.4, -0.2) is 51.9 Å². The summed E-state index contributed by atoms with van der Waals surface area (Å²) >= 11 is 0. The molecule has 30 heavy (non-hydrogen) atoms. The van der Waals surface area contributed by atoms with Crippen LogP contribution in [0.4, 0.5) is 11.5 Å². The van der Waals surface area contributed by atoms with E-state index >= 15 is 0 Å². The number of rotatable bonds is 6. The number of aryl methyl sites for hydroxylation is 1. The molecule has 0 aliphatic carbocycles. The van der Waals surface area contributed by atoms with E-state index in [1.54, 1.807) is 28.8 Å². The number of anilines is 2. The number of amides is 1. The molecule has 9 heteroatoms. The number of ether oxygens (including phenoxy) is 1. The molecule has 1 amide bonds. The third kappa shape index (κ3) is 4.24. The van der Waals surface area contributed by atoms with Crippen molar-refractivity contribution < 1.29 is 14.3 Å². The molecule has 1 aromatic carbocycles. The Morgan fingerprint density at radius 1 is 1.07 bits per heavy atom. The maximum absolute atomic E-state index is 12.5. The summed E-state index contributed by atoms with van der Waals surface area (Å²) in [5, 5.41) is 15.8. The minimum atomic E-state index is -0.496. The lowest BCUT2D eigenvalue weighted by Crippen LogP contribution is -2.30. The van der Waals surface area contributed by atoms with E-state index in [0.29, 0.717) is 29.1 Å². The Kier molecular flexibility index (Phi) is 5.87. The fraction of sp³-hybridized carbons (Fsp3) is 0.381. The fourth-order valence-electron chi connectivity index (χ4n) is 3.59. The number of fused-ring (bicyclic) bond motifs is 1. The SMILES string of the molecule is COC(=O)c1ccccc1NC(=O)CCc1nnc2ccc(N3CCCCC3)nn12. The van der Waals surface area contributed by atoms with Crippen molar-refractivity contribution >= 4 is 29.0 Å². The molecule has 0 spiro atoms. The zero-order valence-electron chi connectivity index (χ0n) is 16.9. The van der Waals surface area contributed by atoms with E-state index in [2.05, 4.69) is 20.4 Å². The van der Waals surface area contributed by atoms with E-state index in [1.807, 2.05) is 12.1 Å². The first kappa shape index (κ1) is 19.8. The summed E-state index contributed by atoms with van der Waals surface area (Å²) in [6.07, 6.45) is 4.16. The van der Waals surface area contributed by atoms with Gasteiger partial charge in [-0.3, -0.25) is 4.79 Å². The van der Waals surface area contributed by atoms with E-state index in [4.69, 9.17) is 9.84 Å². The van der Waals surface area contributed by atoms with Crippen molar-refractivity contribution in [1.29, 1.82) is 0 Å². The summed E-state index contributed by atoms with van der Waals surface area (Å²) in [6, 6.07) is 10.6. The third-order valence-corrected chi connectivity index (χ3v) is 5.18. The molecule has 2 aromatic heterocycles. The van der Waals surface area contributed by atoms with E-state index in [9.17, 15) is 9.59 Å². The average molecular weight is 408 g/mol. The van der Waals surface area contributed by atoms with Gasteiger partial charge in [0.15, 0.2) is 11.5 Å². The lowest BCUT2D eigenvalue weighted by atomic mass is 10.1. The predicted octanol–water partition coefficient (Wildman–Crippen LogP) is 2.47. The van der Waals surface area contributed by atoms with Crippen molar-refractivity contribution in [1.82, 2.24) is 19.8 Å². The van der Waals surface area contributed by atoms with Crippen LogP contribution in [0.1, 0.15) is 41.9 Å². The topological polar surface area (TPSA) is 102 Å². The molecule has 1 N–H and O–H groups in total. The average Bonchev–Trinajstić information content (AvgIpc) is 3.20. The van der Waals surface area contributed by atoms with Gasteiger partial charge in [0.25, 0.3) is 0 Å². The summed E-state index contributed by atoms with van der Waals surface area (Å²) in [7, 11) is 1.31. The summed E-state index contributed by atoms with van der Waals surface area (Å²) in [6.45, 7) is 2.00. The smallest absolute Gasteiger partial charge is 0.339 e. The molecule has 0 unspecified atom stereocenters. The molecule has 3 heterocycles. The third-order valence-electron chi connectivity index (χ3n) is 5.18. The fourth-order valence-corrected chi connectivity index (χ4v) is 3.59. The van der Waals surface area contributed by atoms with Gasteiger partial charge in [0.1, 0.15) is 5.82 Å². The number of benzene rings is 1. The number of nitrogens with zero attached hydrogens (tertiary/aromatic N) is 5. The molecule has 9 nitrogen and oxygen atoms in total. The molecule has 1 saturated heterocycles. The van der Waals surface area contributed by atoms with Gasteiger partial charge in [0.2, 0.25) is 5.91 Å². The van der Waals surface area contributed by atoms with Gasteiger partial charge in [-0.1, -0.05) is 12.1 Å². The Morgan fingerprint density at radius 3 is 2.67 bits per heavy atom. The number of aromatic nitrogens is 4. The highest BCUT2D eigenvalue weighted by molar-refractivity contribution is 6.01. The summed E-state index contributed by atoms with van der Waals surface area (Å²) in [5.41, 5.74) is 1.39. The molecule has 1 fully saturated rings. The highest BCUT2D eigenvalue weighted by Gasteiger charge is 2.17. The van der Waals surface area contributed by atoms with Crippen LogP contribution < -0.4 is 10.2 Å². The van der Waals surface area contributed by atoms with Crippen molar-refractivity contribution in [3.05, 3.63) is 47.8 Å². The number of piperidine rings is 1. The number of nitrogens with one attached hydrogen (secondary N) is 1. The molecule has 0 atom stereocenters. The molecular weight excluding hydrogens is 384 g/mol. The Bertz CT molecular complexity index is 1060. The molecule has 0 bridgehead atoms. The van der Waals surface area contributed by atoms with E-state index in [1.165, 1.54) is 26.4 Å². The molecule has 4 rings (SSSR count). The van der Waals surface area contributed by atoms with Crippen LogP contribution in [-0.2, 0) is 16.0 Å². The second kappa shape index (κ2) is 8.89. The Labute approximate surface area is 174 Å². The van der Waals surface area contributed by atoms with Crippen molar-refractivity contribution in [3.8, 4) is 0 Å². The van der Waals surface area contributed by atoms with Crippen LogP contribution in [0.5, 0.6) is 0 Å². The molecular formula is C21H24N6O3. The first-order valence-corrected chi connectivity index (χ1v) is 10.1. The van der Waals surface area contributed by atoms with Crippen LogP contribution in [0.3, 0.4) is 0 Å². The zero-order valence-corrected chi connectivity index (χ0v) is 16.9. The molecule has 3 aromatic rings. The van der Waals surface area contributed by atoms with Gasteiger partial charge < -0.3 is 15.0 Å². The molecule has 156 valence electrons. The number of carbonyl (C=O) groups excluding carboxylic acids is 2. The van der Waals surface area contributed by atoms with Gasteiger partial charge in [0, 0.05) is 25.9 Å². The Balaban J connectivity index is 1.45. The molecule has 1 aliphatic rings. The predicted molar refractivity (Wildman–Crippen MR) is 112 cm³/mol. The highest BCUT2D eigenvalue weighted by atomic mass is 16.5. The van der Waals surface area contributed by atoms with Crippen LogP contribution in [0.15, 0.2) is 36.4 Å². The standard InChI is InChI=1S/C21H24N6O3/c1-30-21(29)15-7-3-4-8-16(15)22-20(28)12-11-18-24-23-17-9-10-19(25-27(17)18)26-13-5-2-6-14-26/h3-4,7-10H,2,5-6,11-14H2,1H3,(H,22,28). The van der Waals surface area contributed by atoms with E-state index in [0.717, 1.165) is 18.9 Å². The first-order chi connectivity index (χ1) is 14.7. The maximum Gasteiger partial charge on any atom is 0.339 e. The Morgan fingerprint density at radius 2 is 1.87 bits per heavy atom. The molecule has 1 aliphatic heterocycles. The van der Waals surface area contributed by atoms with Crippen LogP contribution in [0, 0.1) is 0 Å². The highest BCUT2D eigenvalue weighted by Crippen LogP contribution is 2.19.